The summed E-state index contributed by atoms with van der Waals surface area (Å²) in [6, 6.07) is 19.3. The third-order valence-electron chi connectivity index (χ3n) is 3.26. The highest BCUT2D eigenvalue weighted by molar-refractivity contribution is 6.69. The fourth-order valence-electron chi connectivity index (χ4n) is 2.50. The minimum Gasteiger partial charge on any atom is -0.411 e. The monoisotopic (exact) mass is 284 g/mol. The Bertz CT molecular complexity index is 543. The van der Waals surface area contributed by atoms with Gasteiger partial charge in [0.25, 0.3) is 0 Å². The SMILES string of the molecule is C[C@@H](O[Si](C)(C)C)c1ccccc1Cc1ccccc1. The van der Waals surface area contributed by atoms with Crippen molar-refractivity contribution in [3.05, 3.63) is 71.3 Å². The summed E-state index contributed by atoms with van der Waals surface area (Å²) < 4.78 is 6.24. The van der Waals surface area contributed by atoms with Gasteiger partial charge >= 0.3 is 0 Å². The van der Waals surface area contributed by atoms with Crippen LogP contribution in [0.3, 0.4) is 0 Å². The second-order valence-electron chi connectivity index (χ2n) is 6.23. The van der Waals surface area contributed by atoms with Gasteiger partial charge in [-0.1, -0.05) is 54.6 Å². The summed E-state index contributed by atoms with van der Waals surface area (Å²) in [5.41, 5.74) is 4.03. The van der Waals surface area contributed by atoms with E-state index in [0.29, 0.717) is 0 Å². The summed E-state index contributed by atoms with van der Waals surface area (Å²) in [6.07, 6.45) is 1.14. The molecule has 0 fully saturated rings. The molecule has 0 aliphatic carbocycles. The molecular formula is C18H24OSi. The second kappa shape index (κ2) is 6.38. The Kier molecular flexibility index (Phi) is 4.79. The van der Waals surface area contributed by atoms with Crippen molar-refractivity contribution < 1.29 is 4.43 Å². The van der Waals surface area contributed by atoms with Crippen molar-refractivity contribution in [3.63, 3.8) is 0 Å². The van der Waals surface area contributed by atoms with Gasteiger partial charge in [0.2, 0.25) is 0 Å². The van der Waals surface area contributed by atoms with E-state index in [2.05, 4.69) is 81.2 Å². The molecule has 0 amide bonds. The molecule has 0 spiro atoms. The van der Waals surface area contributed by atoms with E-state index >= 15 is 0 Å². The van der Waals surface area contributed by atoms with Crippen LogP contribution in [0.2, 0.25) is 19.6 Å². The average molecular weight is 284 g/mol. The van der Waals surface area contributed by atoms with Crippen LogP contribution in [-0.4, -0.2) is 8.32 Å². The maximum absolute atomic E-state index is 6.24. The summed E-state index contributed by atoms with van der Waals surface area (Å²) in [4.78, 5) is 0. The molecule has 0 saturated carbocycles. The molecule has 0 aromatic heterocycles. The highest BCUT2D eigenvalue weighted by Gasteiger charge is 2.20. The zero-order valence-corrected chi connectivity index (χ0v) is 13.9. The molecule has 2 aromatic rings. The maximum atomic E-state index is 6.24. The molecule has 0 unspecified atom stereocenters. The van der Waals surface area contributed by atoms with Crippen molar-refractivity contribution in [2.24, 2.45) is 0 Å². The lowest BCUT2D eigenvalue weighted by atomic mass is 9.97. The molecule has 1 atom stereocenters. The molecule has 106 valence electrons. The second-order valence-corrected chi connectivity index (χ2v) is 10.7. The molecule has 0 aliphatic heterocycles. The Balaban J connectivity index is 2.22. The molecule has 0 bridgehead atoms. The Morgan fingerprint density at radius 2 is 1.50 bits per heavy atom. The lowest BCUT2D eigenvalue weighted by Crippen LogP contribution is -2.27. The Labute approximate surface area is 123 Å². The highest BCUT2D eigenvalue weighted by atomic mass is 28.4. The topological polar surface area (TPSA) is 9.23 Å². The molecule has 0 N–H and O–H groups in total. The molecule has 2 heteroatoms. The molecule has 20 heavy (non-hydrogen) atoms. The number of hydrogen-bond acceptors (Lipinski definition) is 1. The predicted octanol–water partition coefficient (Wildman–Crippen LogP) is 5.19. The first-order valence-corrected chi connectivity index (χ1v) is 10.7. The molecule has 0 radical (unpaired) electrons. The quantitative estimate of drug-likeness (QED) is 0.687. The van der Waals surface area contributed by atoms with Crippen LogP contribution in [0.1, 0.15) is 29.7 Å². The number of benzene rings is 2. The Morgan fingerprint density at radius 1 is 0.900 bits per heavy atom. The normalized spacial score (nSPS) is 13.2. The lowest BCUT2D eigenvalue weighted by Gasteiger charge is -2.25. The number of hydrogen-bond donors (Lipinski definition) is 0. The molecule has 2 rings (SSSR count). The summed E-state index contributed by atoms with van der Waals surface area (Å²) in [7, 11) is -1.52. The first-order valence-electron chi connectivity index (χ1n) is 7.25. The summed E-state index contributed by atoms with van der Waals surface area (Å²) >= 11 is 0. The van der Waals surface area contributed by atoms with Gasteiger partial charge in [-0.3, -0.25) is 0 Å². The zero-order chi connectivity index (χ0) is 14.6. The minimum atomic E-state index is -1.52. The summed E-state index contributed by atoms with van der Waals surface area (Å²) in [5, 5.41) is 0. The van der Waals surface area contributed by atoms with Crippen LogP contribution in [0.15, 0.2) is 54.6 Å². The fraction of sp³-hybridized carbons (Fsp3) is 0.333. The lowest BCUT2D eigenvalue weighted by molar-refractivity contribution is 0.218. The molecule has 0 aliphatic rings. The van der Waals surface area contributed by atoms with Crippen LogP contribution in [0.4, 0.5) is 0 Å². The van der Waals surface area contributed by atoms with E-state index in [1.165, 1.54) is 16.7 Å². The fourth-order valence-corrected chi connectivity index (χ4v) is 3.69. The number of rotatable bonds is 5. The van der Waals surface area contributed by atoms with E-state index < -0.39 is 8.32 Å². The van der Waals surface area contributed by atoms with E-state index in [1.54, 1.807) is 0 Å². The van der Waals surface area contributed by atoms with E-state index in [-0.39, 0.29) is 6.10 Å². The van der Waals surface area contributed by atoms with Gasteiger partial charge in [-0.25, -0.2) is 0 Å². The third kappa shape index (κ3) is 4.32. The van der Waals surface area contributed by atoms with Crippen molar-refractivity contribution in [3.8, 4) is 0 Å². The molecule has 1 nitrogen and oxygen atoms in total. The highest BCUT2D eigenvalue weighted by Crippen LogP contribution is 2.26. The van der Waals surface area contributed by atoms with Gasteiger partial charge in [-0.2, -0.15) is 0 Å². The third-order valence-corrected chi connectivity index (χ3v) is 4.32. The van der Waals surface area contributed by atoms with Crippen molar-refractivity contribution in [1.29, 1.82) is 0 Å². The van der Waals surface area contributed by atoms with Crippen molar-refractivity contribution in [2.75, 3.05) is 0 Å². The Morgan fingerprint density at radius 3 is 2.15 bits per heavy atom. The minimum absolute atomic E-state index is 0.168. The van der Waals surface area contributed by atoms with E-state index in [1.807, 2.05) is 0 Å². The maximum Gasteiger partial charge on any atom is 0.184 e. The average Bonchev–Trinajstić information content (AvgIpc) is 2.38. The van der Waals surface area contributed by atoms with E-state index in [9.17, 15) is 0 Å². The van der Waals surface area contributed by atoms with Crippen molar-refractivity contribution >= 4 is 8.32 Å². The van der Waals surface area contributed by atoms with Gasteiger partial charge in [-0.05, 0) is 49.7 Å². The van der Waals surface area contributed by atoms with Gasteiger partial charge in [0, 0.05) is 0 Å². The smallest absolute Gasteiger partial charge is 0.184 e. The van der Waals surface area contributed by atoms with Crippen LogP contribution in [0, 0.1) is 0 Å². The standard InChI is InChI=1S/C18H24OSi/c1-15(19-20(2,3)4)18-13-9-8-12-17(18)14-16-10-6-5-7-11-16/h5-13,15H,14H2,1-4H3/t15-/m1/s1. The zero-order valence-electron chi connectivity index (χ0n) is 12.9. The van der Waals surface area contributed by atoms with Gasteiger partial charge in [0.05, 0.1) is 6.10 Å². The summed E-state index contributed by atoms with van der Waals surface area (Å²) in [5.74, 6) is 0. The van der Waals surface area contributed by atoms with E-state index in [0.717, 1.165) is 6.42 Å². The van der Waals surface area contributed by atoms with Crippen LogP contribution < -0.4 is 0 Å². The molecular weight excluding hydrogens is 260 g/mol. The van der Waals surface area contributed by atoms with Gasteiger partial charge in [-0.15, -0.1) is 0 Å². The van der Waals surface area contributed by atoms with Gasteiger partial charge < -0.3 is 4.43 Å². The first-order chi connectivity index (χ1) is 9.46. The Hall–Kier alpha value is -1.38. The largest absolute Gasteiger partial charge is 0.411 e. The molecule has 0 heterocycles. The van der Waals surface area contributed by atoms with Crippen LogP contribution >= 0.6 is 0 Å². The van der Waals surface area contributed by atoms with Gasteiger partial charge in [0.1, 0.15) is 0 Å². The van der Waals surface area contributed by atoms with Gasteiger partial charge in [0.15, 0.2) is 8.32 Å². The van der Waals surface area contributed by atoms with Crippen molar-refractivity contribution in [1.82, 2.24) is 0 Å². The molecule has 0 saturated heterocycles. The predicted molar refractivity (Wildman–Crippen MR) is 88.5 cm³/mol. The summed E-state index contributed by atoms with van der Waals surface area (Å²) in [6.45, 7) is 8.89. The molecule has 2 aromatic carbocycles. The van der Waals surface area contributed by atoms with Crippen LogP contribution in [0.5, 0.6) is 0 Å². The van der Waals surface area contributed by atoms with Crippen LogP contribution in [-0.2, 0) is 10.8 Å². The first kappa shape index (κ1) is 15.0. The van der Waals surface area contributed by atoms with E-state index in [4.69, 9.17) is 4.43 Å². The van der Waals surface area contributed by atoms with Crippen LogP contribution in [0.25, 0.3) is 0 Å². The van der Waals surface area contributed by atoms with Crippen molar-refractivity contribution in [2.45, 2.75) is 39.1 Å².